The van der Waals surface area contributed by atoms with Gasteiger partial charge >= 0.3 is 5.97 Å². The van der Waals surface area contributed by atoms with Gasteiger partial charge in [0.15, 0.2) is 5.76 Å². The van der Waals surface area contributed by atoms with E-state index in [2.05, 4.69) is 29.1 Å². The van der Waals surface area contributed by atoms with E-state index < -0.39 is 0 Å². The van der Waals surface area contributed by atoms with Gasteiger partial charge in [-0.1, -0.05) is 41.1 Å². The highest BCUT2D eigenvalue weighted by atomic mass is 32.2. The average Bonchev–Trinajstić information content (AvgIpc) is 3.42. The van der Waals surface area contributed by atoms with E-state index >= 15 is 0 Å². The maximum absolute atomic E-state index is 11.9. The normalized spacial score (nSPS) is 16.5. The summed E-state index contributed by atoms with van der Waals surface area (Å²) >= 11 is 1.74. The van der Waals surface area contributed by atoms with Crippen LogP contribution in [0.25, 0.3) is 11.3 Å². The molecule has 0 radical (unpaired) electrons. The molecule has 1 aliphatic rings. The lowest BCUT2D eigenvalue weighted by molar-refractivity contribution is -0.145. The highest BCUT2D eigenvalue weighted by molar-refractivity contribution is 7.99. The summed E-state index contributed by atoms with van der Waals surface area (Å²) in [5, 5.41) is 4.15. The van der Waals surface area contributed by atoms with Gasteiger partial charge in [-0.15, -0.1) is 11.8 Å². The van der Waals surface area contributed by atoms with Gasteiger partial charge in [0.1, 0.15) is 24.1 Å². The number of esters is 1. The SMILES string of the molecule is COC(=O)[C@@H]1CSCN1Cc1cccc(OCc2cc(-c3cccc(C)c3)no2)c1. The van der Waals surface area contributed by atoms with E-state index in [1.54, 1.807) is 11.8 Å². The minimum Gasteiger partial charge on any atom is -0.486 e. The van der Waals surface area contributed by atoms with Gasteiger partial charge in [-0.05, 0) is 30.7 Å². The summed E-state index contributed by atoms with van der Waals surface area (Å²) < 4.78 is 16.3. The number of hydrogen-bond acceptors (Lipinski definition) is 7. The molecule has 0 spiro atoms. The maximum atomic E-state index is 11.9. The predicted molar refractivity (Wildman–Crippen MR) is 116 cm³/mol. The Morgan fingerprint density at radius 2 is 2.10 bits per heavy atom. The smallest absolute Gasteiger partial charge is 0.323 e. The third-order valence-electron chi connectivity index (χ3n) is 4.98. The predicted octanol–water partition coefficient (Wildman–Crippen LogP) is 4.28. The van der Waals surface area contributed by atoms with Gasteiger partial charge in [-0.3, -0.25) is 9.69 Å². The molecule has 2 aromatic carbocycles. The van der Waals surface area contributed by atoms with Crippen molar-refractivity contribution in [2.24, 2.45) is 0 Å². The number of aryl methyl sites for hydroxylation is 1. The summed E-state index contributed by atoms with van der Waals surface area (Å²) in [4.78, 5) is 14.1. The van der Waals surface area contributed by atoms with Crippen molar-refractivity contribution in [3.63, 3.8) is 0 Å². The van der Waals surface area contributed by atoms with Crippen LogP contribution >= 0.6 is 11.8 Å². The number of nitrogens with zero attached hydrogens (tertiary/aromatic N) is 2. The highest BCUT2D eigenvalue weighted by Gasteiger charge is 2.31. The van der Waals surface area contributed by atoms with Crippen LogP contribution < -0.4 is 4.74 Å². The molecule has 6 nitrogen and oxygen atoms in total. The van der Waals surface area contributed by atoms with Gasteiger partial charge in [0, 0.05) is 29.8 Å². The molecule has 1 saturated heterocycles. The third kappa shape index (κ3) is 4.86. The summed E-state index contributed by atoms with van der Waals surface area (Å²) in [6.07, 6.45) is 0. The monoisotopic (exact) mass is 424 g/mol. The molecular weight excluding hydrogens is 400 g/mol. The minimum absolute atomic E-state index is 0.179. The summed E-state index contributed by atoms with van der Waals surface area (Å²) in [6.45, 7) is 3.02. The largest absolute Gasteiger partial charge is 0.486 e. The first kappa shape index (κ1) is 20.5. The van der Waals surface area contributed by atoms with E-state index in [-0.39, 0.29) is 12.0 Å². The molecule has 156 valence electrons. The van der Waals surface area contributed by atoms with Crippen molar-refractivity contribution in [3.8, 4) is 17.0 Å². The standard InChI is InChI=1S/C23H24N2O4S/c1-16-5-3-7-18(9-16)21-11-20(29-24-21)13-28-19-8-4-6-17(10-19)12-25-15-30-14-22(25)23(26)27-2/h3-11,22H,12-15H2,1-2H3/t22-/m0/s1. The molecule has 0 amide bonds. The van der Waals surface area contributed by atoms with Gasteiger partial charge in [0.25, 0.3) is 0 Å². The van der Waals surface area contributed by atoms with Gasteiger partial charge in [-0.25, -0.2) is 0 Å². The molecule has 0 bridgehead atoms. The maximum Gasteiger partial charge on any atom is 0.323 e. The van der Waals surface area contributed by atoms with E-state index in [1.165, 1.54) is 12.7 Å². The molecule has 3 aromatic rings. The fourth-order valence-electron chi connectivity index (χ4n) is 3.43. The Hall–Kier alpha value is -2.77. The van der Waals surface area contributed by atoms with E-state index in [1.807, 2.05) is 42.5 Å². The number of carbonyl (C=O) groups is 1. The van der Waals surface area contributed by atoms with Crippen molar-refractivity contribution >= 4 is 17.7 Å². The van der Waals surface area contributed by atoms with E-state index in [9.17, 15) is 4.79 Å². The zero-order valence-electron chi connectivity index (χ0n) is 17.0. The number of rotatable bonds is 7. The molecular formula is C23H24N2O4S. The zero-order valence-corrected chi connectivity index (χ0v) is 17.9. The minimum atomic E-state index is -0.196. The van der Waals surface area contributed by atoms with Crippen molar-refractivity contribution in [3.05, 3.63) is 71.5 Å². The number of carbonyl (C=O) groups excluding carboxylic acids is 1. The molecule has 1 aliphatic heterocycles. The lowest BCUT2D eigenvalue weighted by atomic mass is 10.1. The van der Waals surface area contributed by atoms with Crippen LogP contribution in [-0.2, 0) is 22.7 Å². The Balaban J connectivity index is 1.38. The second kappa shape index (κ2) is 9.36. The second-order valence-corrected chi connectivity index (χ2v) is 8.27. The molecule has 2 heterocycles. The van der Waals surface area contributed by atoms with Crippen LogP contribution in [-0.4, -0.2) is 40.8 Å². The van der Waals surface area contributed by atoms with Crippen LogP contribution in [0.2, 0.25) is 0 Å². The molecule has 0 N–H and O–H groups in total. The lowest BCUT2D eigenvalue weighted by Gasteiger charge is -2.21. The first-order chi connectivity index (χ1) is 14.6. The van der Waals surface area contributed by atoms with Gasteiger partial charge < -0.3 is 14.0 Å². The van der Waals surface area contributed by atoms with Gasteiger partial charge in [0.05, 0.1) is 7.11 Å². The van der Waals surface area contributed by atoms with Crippen molar-refractivity contribution in [1.29, 1.82) is 0 Å². The fraction of sp³-hybridized carbons (Fsp3) is 0.304. The van der Waals surface area contributed by atoms with Crippen LogP contribution in [0.5, 0.6) is 5.75 Å². The Labute approximate surface area is 180 Å². The molecule has 1 aromatic heterocycles. The molecule has 1 fully saturated rings. The van der Waals surface area contributed by atoms with Crippen molar-refractivity contribution in [1.82, 2.24) is 10.1 Å². The topological polar surface area (TPSA) is 64.8 Å². The van der Waals surface area contributed by atoms with Gasteiger partial charge in [-0.2, -0.15) is 0 Å². The van der Waals surface area contributed by atoms with E-state index in [0.29, 0.717) is 18.9 Å². The van der Waals surface area contributed by atoms with E-state index in [4.69, 9.17) is 14.0 Å². The van der Waals surface area contributed by atoms with Crippen LogP contribution in [0.4, 0.5) is 0 Å². The number of benzene rings is 2. The van der Waals surface area contributed by atoms with Crippen molar-refractivity contribution in [2.75, 3.05) is 18.7 Å². The van der Waals surface area contributed by atoms with Gasteiger partial charge in [0.2, 0.25) is 0 Å². The lowest BCUT2D eigenvalue weighted by Crippen LogP contribution is -2.38. The molecule has 0 saturated carbocycles. The van der Waals surface area contributed by atoms with Crippen LogP contribution in [0, 0.1) is 6.92 Å². The fourth-order valence-corrected chi connectivity index (χ4v) is 4.61. The molecule has 7 heteroatoms. The highest BCUT2D eigenvalue weighted by Crippen LogP contribution is 2.26. The molecule has 0 aliphatic carbocycles. The second-order valence-electron chi connectivity index (χ2n) is 7.27. The van der Waals surface area contributed by atoms with E-state index in [0.717, 1.165) is 34.2 Å². The number of hydrogen-bond donors (Lipinski definition) is 0. The zero-order chi connectivity index (χ0) is 20.9. The number of methoxy groups -OCH3 is 1. The Morgan fingerprint density at radius 1 is 1.23 bits per heavy atom. The Morgan fingerprint density at radius 3 is 2.93 bits per heavy atom. The van der Waals surface area contributed by atoms with Crippen LogP contribution in [0.15, 0.2) is 59.1 Å². The number of thioether (sulfide) groups is 1. The third-order valence-corrected chi connectivity index (χ3v) is 6.05. The molecule has 30 heavy (non-hydrogen) atoms. The Kier molecular flexibility index (Phi) is 6.40. The van der Waals surface area contributed by atoms with Crippen molar-refractivity contribution < 1.29 is 18.8 Å². The molecule has 0 unspecified atom stereocenters. The summed E-state index contributed by atoms with van der Waals surface area (Å²) in [5.74, 6) is 2.81. The quantitative estimate of drug-likeness (QED) is 0.525. The Bertz CT molecular complexity index is 1020. The summed E-state index contributed by atoms with van der Waals surface area (Å²) in [6, 6.07) is 17.8. The van der Waals surface area contributed by atoms with Crippen LogP contribution in [0.1, 0.15) is 16.9 Å². The average molecular weight is 425 g/mol. The first-order valence-corrected chi connectivity index (χ1v) is 10.9. The number of aromatic nitrogens is 1. The molecule has 4 rings (SSSR count). The number of ether oxygens (including phenoxy) is 2. The molecule has 1 atom stereocenters. The summed E-state index contributed by atoms with van der Waals surface area (Å²) in [7, 11) is 1.44. The summed E-state index contributed by atoms with van der Waals surface area (Å²) in [5.41, 5.74) is 4.08. The van der Waals surface area contributed by atoms with Crippen molar-refractivity contribution in [2.45, 2.75) is 26.1 Å². The van der Waals surface area contributed by atoms with Crippen LogP contribution in [0.3, 0.4) is 0 Å². The first-order valence-electron chi connectivity index (χ1n) is 9.76.